The van der Waals surface area contributed by atoms with Crippen molar-refractivity contribution in [3.63, 3.8) is 0 Å². The molecule has 0 aliphatic heterocycles. The van der Waals surface area contributed by atoms with Gasteiger partial charge in [-0.15, -0.1) is 0 Å². The number of aliphatic hydroxyl groups excluding tert-OH is 2. The van der Waals surface area contributed by atoms with E-state index in [1.165, 1.54) is 103 Å². The van der Waals surface area contributed by atoms with Crippen LogP contribution in [0.2, 0.25) is 0 Å². The molecule has 0 aliphatic carbocycles. The molecule has 1 aromatic carbocycles. The van der Waals surface area contributed by atoms with Crippen molar-refractivity contribution in [2.75, 3.05) is 26.4 Å². The lowest BCUT2D eigenvalue weighted by Gasteiger charge is -2.12. The number of benzene rings is 1. The molecule has 0 saturated carbocycles. The van der Waals surface area contributed by atoms with E-state index < -0.39 is 0 Å². The maximum atomic E-state index is 8.79. The zero-order valence-electron chi connectivity index (χ0n) is 22.0. The molecule has 4 nitrogen and oxygen atoms in total. The van der Waals surface area contributed by atoms with Crippen LogP contribution in [0.25, 0.3) is 0 Å². The van der Waals surface area contributed by atoms with Crippen LogP contribution in [-0.2, 0) is 0 Å². The smallest absolute Gasteiger partial charge is 0.161 e. The molecule has 0 spiro atoms. The summed E-state index contributed by atoms with van der Waals surface area (Å²) in [5, 5.41) is 17.6. The van der Waals surface area contributed by atoms with Crippen LogP contribution in [0.4, 0.5) is 0 Å². The molecule has 0 heterocycles. The normalized spacial score (nSPS) is 11.1. The lowest BCUT2D eigenvalue weighted by molar-refractivity contribution is 0.258. The Labute approximate surface area is 210 Å². The minimum atomic E-state index is 0.341. The van der Waals surface area contributed by atoms with E-state index in [0.29, 0.717) is 13.2 Å². The van der Waals surface area contributed by atoms with Crippen LogP contribution in [0.1, 0.15) is 128 Å². The van der Waals surface area contributed by atoms with Crippen molar-refractivity contribution in [3.05, 3.63) is 24.3 Å². The first-order chi connectivity index (χ1) is 16.9. The van der Waals surface area contributed by atoms with Gasteiger partial charge in [-0.05, 0) is 37.8 Å². The minimum absolute atomic E-state index is 0.341. The van der Waals surface area contributed by atoms with Gasteiger partial charge < -0.3 is 19.7 Å². The Hall–Kier alpha value is -1.26. The van der Waals surface area contributed by atoms with Crippen molar-refractivity contribution in [2.24, 2.45) is 0 Å². The summed E-state index contributed by atoms with van der Waals surface area (Å²) in [4.78, 5) is 0. The van der Waals surface area contributed by atoms with Gasteiger partial charge in [0.2, 0.25) is 0 Å². The summed E-state index contributed by atoms with van der Waals surface area (Å²) in [6, 6.07) is 8.08. The second-order valence-corrected chi connectivity index (χ2v) is 9.66. The summed E-state index contributed by atoms with van der Waals surface area (Å²) in [5.41, 5.74) is 0. The monoisotopic (exact) mass is 478 g/mol. The molecule has 0 amide bonds. The van der Waals surface area contributed by atoms with Crippen molar-refractivity contribution in [1.82, 2.24) is 0 Å². The maximum absolute atomic E-state index is 8.79. The number of rotatable bonds is 26. The molecule has 0 bridgehead atoms. The van der Waals surface area contributed by atoms with E-state index in [0.717, 1.165) is 50.4 Å². The largest absolute Gasteiger partial charge is 0.490 e. The first-order valence-electron chi connectivity index (χ1n) is 14.4. The molecule has 0 aliphatic rings. The lowest BCUT2D eigenvalue weighted by Crippen LogP contribution is -2.02. The minimum Gasteiger partial charge on any atom is -0.490 e. The van der Waals surface area contributed by atoms with E-state index >= 15 is 0 Å². The van der Waals surface area contributed by atoms with E-state index in [2.05, 4.69) is 0 Å². The average Bonchev–Trinajstić information content (AvgIpc) is 2.86. The van der Waals surface area contributed by atoms with Gasteiger partial charge in [0, 0.05) is 13.2 Å². The highest BCUT2D eigenvalue weighted by atomic mass is 16.5. The molecule has 1 aromatic rings. The predicted octanol–water partition coefficient (Wildman–Crippen LogP) is 8.23. The van der Waals surface area contributed by atoms with Crippen LogP contribution in [0, 0.1) is 0 Å². The molecule has 0 saturated heterocycles. The molecule has 0 aromatic heterocycles. The molecule has 4 heteroatoms. The fourth-order valence-electron chi connectivity index (χ4n) is 4.31. The second-order valence-electron chi connectivity index (χ2n) is 9.66. The number of para-hydroxylation sites is 2. The van der Waals surface area contributed by atoms with Crippen LogP contribution in [0.5, 0.6) is 11.5 Å². The van der Waals surface area contributed by atoms with Gasteiger partial charge in [0.25, 0.3) is 0 Å². The van der Waals surface area contributed by atoms with Crippen molar-refractivity contribution < 1.29 is 19.7 Å². The van der Waals surface area contributed by atoms with Crippen LogP contribution in [0.3, 0.4) is 0 Å². The van der Waals surface area contributed by atoms with Crippen molar-refractivity contribution in [2.45, 2.75) is 128 Å². The maximum Gasteiger partial charge on any atom is 0.161 e. The summed E-state index contributed by atoms with van der Waals surface area (Å²) in [6.45, 7) is 2.21. The number of unbranched alkanes of at least 4 members (excludes halogenated alkanes) is 18. The Bertz CT molecular complexity index is 487. The highest BCUT2D eigenvalue weighted by Crippen LogP contribution is 2.27. The SMILES string of the molecule is OCCCCCCCCCCCCOc1ccccc1OCCCCCCCCCCCCO. The highest BCUT2D eigenvalue weighted by Gasteiger charge is 2.04. The number of hydrogen-bond donors (Lipinski definition) is 2. The van der Waals surface area contributed by atoms with Gasteiger partial charge in [-0.25, -0.2) is 0 Å². The van der Waals surface area contributed by atoms with Crippen LogP contribution >= 0.6 is 0 Å². The third kappa shape index (κ3) is 19.1. The van der Waals surface area contributed by atoms with Gasteiger partial charge in [0.05, 0.1) is 13.2 Å². The zero-order chi connectivity index (χ0) is 24.4. The molecule has 0 radical (unpaired) electrons. The second kappa shape index (κ2) is 24.9. The standard InChI is InChI=1S/C30H54O4/c31-25-19-13-9-5-1-3-7-11-15-21-27-33-29-23-17-18-24-30(29)34-28-22-16-12-8-4-2-6-10-14-20-26-32/h17-18,23-24,31-32H,1-16,19-22,25-28H2. The van der Waals surface area contributed by atoms with Gasteiger partial charge in [0.15, 0.2) is 11.5 Å². The Balaban J connectivity index is 1.96. The van der Waals surface area contributed by atoms with Gasteiger partial charge in [-0.2, -0.15) is 0 Å². The van der Waals surface area contributed by atoms with Crippen LogP contribution < -0.4 is 9.47 Å². The zero-order valence-corrected chi connectivity index (χ0v) is 22.0. The number of ether oxygens (including phenoxy) is 2. The third-order valence-electron chi connectivity index (χ3n) is 6.47. The average molecular weight is 479 g/mol. The Morgan fingerprint density at radius 3 is 0.941 bits per heavy atom. The van der Waals surface area contributed by atoms with E-state index in [-0.39, 0.29) is 0 Å². The summed E-state index contributed by atoms with van der Waals surface area (Å²) >= 11 is 0. The topological polar surface area (TPSA) is 58.9 Å². The molecule has 1 rings (SSSR count). The van der Waals surface area contributed by atoms with Crippen LogP contribution in [-0.4, -0.2) is 36.6 Å². The molecule has 0 atom stereocenters. The third-order valence-corrected chi connectivity index (χ3v) is 6.47. The van der Waals surface area contributed by atoms with Crippen LogP contribution in [0.15, 0.2) is 24.3 Å². The quantitative estimate of drug-likeness (QED) is 0.132. The summed E-state index contributed by atoms with van der Waals surface area (Å²) in [5.74, 6) is 1.76. The van der Waals surface area contributed by atoms with Crippen molar-refractivity contribution in [1.29, 1.82) is 0 Å². The molecular formula is C30H54O4. The molecule has 2 N–H and O–H groups in total. The van der Waals surface area contributed by atoms with Gasteiger partial charge in [-0.1, -0.05) is 115 Å². The van der Waals surface area contributed by atoms with Crippen molar-refractivity contribution in [3.8, 4) is 11.5 Å². The molecule has 34 heavy (non-hydrogen) atoms. The first-order valence-corrected chi connectivity index (χ1v) is 14.4. The molecule has 0 fully saturated rings. The van der Waals surface area contributed by atoms with E-state index in [1.807, 2.05) is 24.3 Å². The lowest BCUT2D eigenvalue weighted by atomic mass is 10.1. The summed E-state index contributed by atoms with van der Waals surface area (Å²) in [7, 11) is 0. The predicted molar refractivity (Wildman–Crippen MR) is 144 cm³/mol. The first kappa shape index (κ1) is 30.8. The molecular weight excluding hydrogens is 424 g/mol. The molecule has 0 unspecified atom stereocenters. The summed E-state index contributed by atoms with van der Waals surface area (Å²) in [6.07, 6.45) is 24.7. The van der Waals surface area contributed by atoms with Gasteiger partial charge in [0.1, 0.15) is 0 Å². The van der Waals surface area contributed by atoms with E-state index in [9.17, 15) is 0 Å². The highest BCUT2D eigenvalue weighted by molar-refractivity contribution is 5.39. The molecule has 198 valence electrons. The Morgan fingerprint density at radius 2 is 0.647 bits per heavy atom. The Morgan fingerprint density at radius 1 is 0.382 bits per heavy atom. The number of hydrogen-bond acceptors (Lipinski definition) is 4. The van der Waals surface area contributed by atoms with Gasteiger partial charge >= 0.3 is 0 Å². The Kier molecular flexibility index (Phi) is 22.5. The van der Waals surface area contributed by atoms with Gasteiger partial charge in [-0.3, -0.25) is 0 Å². The fourth-order valence-corrected chi connectivity index (χ4v) is 4.31. The fraction of sp³-hybridized carbons (Fsp3) is 0.800. The van der Waals surface area contributed by atoms with E-state index in [1.54, 1.807) is 0 Å². The number of aliphatic hydroxyl groups is 2. The van der Waals surface area contributed by atoms with Crippen molar-refractivity contribution >= 4 is 0 Å². The van der Waals surface area contributed by atoms with E-state index in [4.69, 9.17) is 19.7 Å². The summed E-state index contributed by atoms with van der Waals surface area (Å²) < 4.78 is 12.0.